The molecule has 1 aromatic rings. The molecule has 5 atom stereocenters. The molecular weight excluding hydrogens is 391 g/mol. The fourth-order valence-corrected chi connectivity index (χ4v) is 3.76. The van der Waals surface area contributed by atoms with Gasteiger partial charge in [-0.25, -0.2) is 0 Å². The number of carbonyl (C=O) groups is 1. The molecule has 25 heavy (non-hydrogen) atoms. The number of rotatable bonds is 6. The lowest BCUT2D eigenvalue weighted by Crippen LogP contribution is -2.62. The molecule has 2 rings (SSSR count). The standard InChI is InChI=1S/C15H18Cl2N2O5S/c16-9-2-1-8(3-10(9)17)25-15-14(23)12(19-4-7(18)5-20)13(22)11(6-21)24-15/h1-5,11-15,19,21-23H,6,18H2/b7-4-. The van der Waals surface area contributed by atoms with Crippen LogP contribution in [0, 0.1) is 0 Å². The molecule has 1 aliphatic heterocycles. The fraction of sp³-hybridized carbons (Fsp3) is 0.400. The van der Waals surface area contributed by atoms with E-state index in [0.717, 1.165) is 11.8 Å². The van der Waals surface area contributed by atoms with Gasteiger partial charge in [-0.2, -0.15) is 0 Å². The Morgan fingerprint density at radius 1 is 1.32 bits per heavy atom. The molecule has 0 radical (unpaired) electrons. The van der Waals surface area contributed by atoms with Crippen LogP contribution in [0.15, 0.2) is 35.0 Å². The van der Waals surface area contributed by atoms with Crippen LogP contribution in [0.1, 0.15) is 0 Å². The number of benzene rings is 1. The van der Waals surface area contributed by atoms with Gasteiger partial charge in [-0.3, -0.25) is 4.79 Å². The molecule has 1 aliphatic rings. The Labute approximate surface area is 158 Å². The molecule has 1 aromatic carbocycles. The Morgan fingerprint density at radius 3 is 2.64 bits per heavy atom. The summed E-state index contributed by atoms with van der Waals surface area (Å²) >= 11 is 13.0. The van der Waals surface area contributed by atoms with Crippen molar-refractivity contribution in [3.05, 3.63) is 40.1 Å². The predicted octanol–water partition coefficient (Wildman–Crippen LogP) is 0.482. The minimum atomic E-state index is -1.21. The third-order valence-electron chi connectivity index (χ3n) is 3.61. The second-order valence-electron chi connectivity index (χ2n) is 5.36. The van der Waals surface area contributed by atoms with Crippen molar-refractivity contribution in [3.8, 4) is 0 Å². The van der Waals surface area contributed by atoms with Crippen LogP contribution in [-0.4, -0.2) is 58.0 Å². The van der Waals surface area contributed by atoms with Crippen molar-refractivity contribution < 1.29 is 24.9 Å². The minimum Gasteiger partial charge on any atom is -0.395 e. The first-order valence-corrected chi connectivity index (χ1v) is 8.92. The van der Waals surface area contributed by atoms with Crippen LogP contribution in [0.5, 0.6) is 0 Å². The first-order valence-electron chi connectivity index (χ1n) is 7.28. The van der Waals surface area contributed by atoms with Crippen molar-refractivity contribution in [2.45, 2.75) is 34.7 Å². The van der Waals surface area contributed by atoms with Crippen LogP contribution in [0.2, 0.25) is 10.0 Å². The zero-order valence-corrected chi connectivity index (χ0v) is 15.2. The van der Waals surface area contributed by atoms with Gasteiger partial charge in [-0.15, -0.1) is 0 Å². The normalized spacial score (nSPS) is 30.1. The van der Waals surface area contributed by atoms with E-state index >= 15 is 0 Å². The third-order valence-corrected chi connectivity index (χ3v) is 5.49. The Balaban J connectivity index is 2.18. The lowest BCUT2D eigenvalue weighted by molar-refractivity contribution is -0.164. The molecule has 0 saturated carbocycles. The Kier molecular flexibility index (Phi) is 7.38. The number of allylic oxidation sites excluding steroid dienone is 1. The third kappa shape index (κ3) is 5.01. The van der Waals surface area contributed by atoms with Crippen molar-refractivity contribution in [2.75, 3.05) is 6.61 Å². The van der Waals surface area contributed by atoms with E-state index in [1.165, 1.54) is 6.20 Å². The molecule has 0 aliphatic carbocycles. The summed E-state index contributed by atoms with van der Waals surface area (Å²) in [5, 5.41) is 33.6. The number of carbonyl (C=O) groups excluding carboxylic acids is 1. The largest absolute Gasteiger partial charge is 0.395 e. The Hall–Kier alpha value is -1.000. The number of aliphatic hydroxyl groups is 3. The molecule has 5 unspecified atom stereocenters. The van der Waals surface area contributed by atoms with Gasteiger partial charge in [-0.1, -0.05) is 35.0 Å². The molecule has 7 nitrogen and oxygen atoms in total. The van der Waals surface area contributed by atoms with Crippen molar-refractivity contribution >= 4 is 41.2 Å². The maximum atomic E-state index is 10.6. The summed E-state index contributed by atoms with van der Waals surface area (Å²) in [5.74, 6) is 0. The van der Waals surface area contributed by atoms with Gasteiger partial charge < -0.3 is 31.1 Å². The van der Waals surface area contributed by atoms with Crippen LogP contribution >= 0.6 is 35.0 Å². The lowest BCUT2D eigenvalue weighted by Gasteiger charge is -2.42. The second-order valence-corrected chi connectivity index (χ2v) is 7.34. The van der Waals surface area contributed by atoms with Crippen molar-refractivity contribution in [3.63, 3.8) is 0 Å². The van der Waals surface area contributed by atoms with Gasteiger partial charge in [0.15, 0.2) is 6.29 Å². The summed E-state index contributed by atoms with van der Waals surface area (Å²) < 4.78 is 5.57. The number of aliphatic hydroxyl groups excluding tert-OH is 3. The van der Waals surface area contributed by atoms with Crippen molar-refractivity contribution in [1.29, 1.82) is 0 Å². The second kappa shape index (κ2) is 9.09. The topological polar surface area (TPSA) is 125 Å². The number of aldehydes is 1. The van der Waals surface area contributed by atoms with Crippen LogP contribution in [0.25, 0.3) is 0 Å². The average Bonchev–Trinajstić information content (AvgIpc) is 2.60. The van der Waals surface area contributed by atoms with Gasteiger partial charge in [-0.05, 0) is 18.2 Å². The Bertz CT molecular complexity index is 648. The van der Waals surface area contributed by atoms with Gasteiger partial charge in [0.2, 0.25) is 0 Å². The smallest absolute Gasteiger partial charge is 0.167 e. The maximum Gasteiger partial charge on any atom is 0.167 e. The summed E-state index contributed by atoms with van der Waals surface area (Å²) in [4.78, 5) is 11.3. The molecule has 0 spiro atoms. The molecule has 10 heteroatoms. The fourth-order valence-electron chi connectivity index (χ4n) is 2.29. The number of nitrogens with two attached hydrogens (primary N) is 1. The van der Waals surface area contributed by atoms with Crippen LogP contribution < -0.4 is 11.1 Å². The monoisotopic (exact) mass is 408 g/mol. The first-order chi connectivity index (χ1) is 11.9. The number of thioether (sulfide) groups is 1. The average molecular weight is 409 g/mol. The predicted molar refractivity (Wildman–Crippen MR) is 95.3 cm³/mol. The molecule has 1 heterocycles. The summed E-state index contributed by atoms with van der Waals surface area (Å²) in [6, 6.07) is 4.05. The zero-order chi connectivity index (χ0) is 18.6. The highest BCUT2D eigenvalue weighted by molar-refractivity contribution is 7.99. The van der Waals surface area contributed by atoms with Crippen molar-refractivity contribution in [2.24, 2.45) is 5.73 Å². The molecule has 0 bridgehead atoms. The van der Waals surface area contributed by atoms with Gasteiger partial charge in [0.1, 0.15) is 23.7 Å². The molecule has 0 aromatic heterocycles. The first kappa shape index (κ1) is 20.3. The van der Waals surface area contributed by atoms with Crippen LogP contribution in [0.3, 0.4) is 0 Å². The highest BCUT2D eigenvalue weighted by Crippen LogP contribution is 2.35. The molecule has 6 N–H and O–H groups in total. The zero-order valence-electron chi connectivity index (χ0n) is 12.9. The van der Waals surface area contributed by atoms with E-state index in [4.69, 9.17) is 33.7 Å². The number of halogens is 2. The maximum absolute atomic E-state index is 10.6. The molecular formula is C15H18Cl2N2O5S. The SMILES string of the molecule is N/C(C=O)=C\NC1C(O)C(CO)OC(Sc2ccc(Cl)c(Cl)c2)C1O. The summed E-state index contributed by atoms with van der Waals surface area (Å²) in [6.07, 6.45) is -1.68. The quantitative estimate of drug-likeness (QED) is 0.340. The van der Waals surface area contributed by atoms with E-state index in [1.807, 2.05) is 0 Å². The molecule has 138 valence electrons. The summed E-state index contributed by atoms with van der Waals surface area (Å²) in [7, 11) is 0. The van der Waals surface area contributed by atoms with E-state index in [9.17, 15) is 20.1 Å². The molecule has 0 amide bonds. The van der Waals surface area contributed by atoms with E-state index in [1.54, 1.807) is 18.2 Å². The van der Waals surface area contributed by atoms with Crippen molar-refractivity contribution in [1.82, 2.24) is 5.32 Å². The van der Waals surface area contributed by atoms with E-state index in [-0.39, 0.29) is 5.70 Å². The highest BCUT2D eigenvalue weighted by Gasteiger charge is 2.44. The molecule has 1 fully saturated rings. The highest BCUT2D eigenvalue weighted by atomic mass is 35.5. The number of hydrogen-bond acceptors (Lipinski definition) is 8. The Morgan fingerprint density at radius 2 is 2.04 bits per heavy atom. The van der Waals surface area contributed by atoms with E-state index in [2.05, 4.69) is 5.32 Å². The van der Waals surface area contributed by atoms with Gasteiger partial charge in [0.25, 0.3) is 0 Å². The van der Waals surface area contributed by atoms with E-state index in [0.29, 0.717) is 21.2 Å². The molecule has 1 saturated heterocycles. The minimum absolute atomic E-state index is 0.0971. The van der Waals surface area contributed by atoms with Gasteiger partial charge in [0, 0.05) is 11.1 Å². The van der Waals surface area contributed by atoms with Crippen LogP contribution in [0.4, 0.5) is 0 Å². The number of hydrogen-bond donors (Lipinski definition) is 5. The lowest BCUT2D eigenvalue weighted by atomic mass is 9.97. The summed E-state index contributed by atoms with van der Waals surface area (Å²) in [5.41, 5.74) is 4.49. The van der Waals surface area contributed by atoms with Crippen LogP contribution in [-0.2, 0) is 9.53 Å². The van der Waals surface area contributed by atoms with Gasteiger partial charge in [0.05, 0.1) is 28.4 Å². The number of ether oxygens (including phenoxy) is 1. The van der Waals surface area contributed by atoms with Gasteiger partial charge >= 0.3 is 0 Å². The summed E-state index contributed by atoms with van der Waals surface area (Å²) in [6.45, 7) is -0.447. The number of nitrogens with one attached hydrogen (secondary N) is 1. The van der Waals surface area contributed by atoms with E-state index < -0.39 is 36.4 Å².